The van der Waals surface area contributed by atoms with Crippen LogP contribution in [0.3, 0.4) is 0 Å². The number of phenols is 1. The second-order valence-corrected chi connectivity index (χ2v) is 3.17. The maximum Gasteiger partial charge on any atom is 0.342 e. The molecule has 3 nitrogen and oxygen atoms in total. The van der Waals surface area contributed by atoms with Crippen molar-refractivity contribution in [3.05, 3.63) is 29.8 Å². The molecule has 0 heterocycles. The molecule has 4 heteroatoms. The van der Waals surface area contributed by atoms with Gasteiger partial charge in [0.05, 0.1) is 0 Å². The normalized spacial score (nSPS) is 9.62. The molecule has 0 fully saturated rings. The van der Waals surface area contributed by atoms with E-state index in [4.69, 9.17) is 4.74 Å². The van der Waals surface area contributed by atoms with Crippen molar-refractivity contribution in [2.24, 2.45) is 0 Å². The van der Waals surface area contributed by atoms with Crippen LogP contribution >= 0.6 is 11.8 Å². The first-order valence-corrected chi connectivity index (χ1v) is 5.09. The molecule has 13 heavy (non-hydrogen) atoms. The van der Waals surface area contributed by atoms with E-state index in [1.165, 1.54) is 23.9 Å². The van der Waals surface area contributed by atoms with Crippen molar-refractivity contribution in [2.75, 3.05) is 12.2 Å². The summed E-state index contributed by atoms with van der Waals surface area (Å²) in [5.41, 5.74) is 0.205. The van der Waals surface area contributed by atoms with E-state index < -0.39 is 5.97 Å². The lowest BCUT2D eigenvalue weighted by molar-refractivity contribution is 0.0576. The summed E-state index contributed by atoms with van der Waals surface area (Å²) in [6.07, 6.45) is 1.83. The average Bonchev–Trinajstić information content (AvgIpc) is 2.15. The van der Waals surface area contributed by atoms with Crippen LogP contribution in [0, 0.1) is 0 Å². The smallest absolute Gasteiger partial charge is 0.342 e. The molecule has 0 atom stereocenters. The summed E-state index contributed by atoms with van der Waals surface area (Å²) in [6, 6.07) is 6.31. The molecular weight excluding hydrogens is 188 g/mol. The second kappa shape index (κ2) is 4.77. The number of ether oxygens (including phenoxy) is 1. The molecule has 0 aromatic heterocycles. The largest absolute Gasteiger partial charge is 0.507 e. The summed E-state index contributed by atoms with van der Waals surface area (Å²) in [5.74, 6) is -0.242. The van der Waals surface area contributed by atoms with Gasteiger partial charge in [0.15, 0.2) is 0 Å². The Labute approximate surface area is 80.7 Å². The van der Waals surface area contributed by atoms with Crippen LogP contribution in [0.5, 0.6) is 5.75 Å². The van der Waals surface area contributed by atoms with Crippen molar-refractivity contribution in [2.45, 2.75) is 0 Å². The molecule has 0 saturated carbocycles. The Kier molecular flexibility index (Phi) is 3.64. The minimum atomic E-state index is -0.493. The first kappa shape index (κ1) is 9.92. The topological polar surface area (TPSA) is 46.5 Å². The summed E-state index contributed by atoms with van der Waals surface area (Å²) >= 11 is 1.41. The van der Waals surface area contributed by atoms with Crippen LogP contribution in [-0.4, -0.2) is 23.3 Å². The highest BCUT2D eigenvalue weighted by Crippen LogP contribution is 2.16. The predicted molar refractivity (Wildman–Crippen MR) is 51.9 cm³/mol. The average molecular weight is 198 g/mol. The SMILES string of the molecule is CSCOC(=O)c1ccccc1O. The van der Waals surface area contributed by atoms with Gasteiger partial charge >= 0.3 is 5.97 Å². The molecular formula is C9H10O3S. The van der Waals surface area contributed by atoms with Gasteiger partial charge in [0.1, 0.15) is 17.3 Å². The van der Waals surface area contributed by atoms with Crippen molar-refractivity contribution in [3.63, 3.8) is 0 Å². The van der Waals surface area contributed by atoms with E-state index in [0.29, 0.717) is 5.94 Å². The number of aromatic hydroxyl groups is 1. The summed E-state index contributed by atoms with van der Waals surface area (Å²) in [6.45, 7) is 0. The van der Waals surface area contributed by atoms with Gasteiger partial charge in [-0.15, -0.1) is 11.8 Å². The van der Waals surface area contributed by atoms with Crippen LogP contribution in [0.1, 0.15) is 10.4 Å². The summed E-state index contributed by atoms with van der Waals surface area (Å²) < 4.78 is 4.82. The van der Waals surface area contributed by atoms with Gasteiger partial charge in [-0.3, -0.25) is 0 Å². The number of carbonyl (C=O) groups is 1. The zero-order chi connectivity index (χ0) is 9.68. The molecule has 0 radical (unpaired) electrons. The molecule has 1 rings (SSSR count). The molecule has 0 aliphatic carbocycles. The van der Waals surface area contributed by atoms with Crippen molar-refractivity contribution in [1.82, 2.24) is 0 Å². The second-order valence-electron chi connectivity index (χ2n) is 2.36. The first-order chi connectivity index (χ1) is 6.25. The summed E-state index contributed by atoms with van der Waals surface area (Å²) in [7, 11) is 0. The van der Waals surface area contributed by atoms with Gasteiger partial charge in [-0.25, -0.2) is 4.79 Å². The highest BCUT2D eigenvalue weighted by atomic mass is 32.2. The van der Waals surface area contributed by atoms with Crippen molar-refractivity contribution >= 4 is 17.7 Å². The maximum atomic E-state index is 11.2. The fourth-order valence-corrected chi connectivity index (χ4v) is 1.06. The number of hydrogen-bond acceptors (Lipinski definition) is 4. The van der Waals surface area contributed by atoms with E-state index in [0.717, 1.165) is 0 Å². The number of esters is 1. The third-order valence-electron chi connectivity index (χ3n) is 1.43. The lowest BCUT2D eigenvalue weighted by atomic mass is 10.2. The van der Waals surface area contributed by atoms with Crippen LogP contribution in [0.4, 0.5) is 0 Å². The lowest BCUT2D eigenvalue weighted by Gasteiger charge is -2.03. The third kappa shape index (κ3) is 2.66. The molecule has 0 bridgehead atoms. The number of thioether (sulfide) groups is 1. The number of carbonyl (C=O) groups excluding carboxylic acids is 1. The minimum Gasteiger partial charge on any atom is -0.507 e. The standard InChI is InChI=1S/C9H10O3S/c1-13-6-12-9(11)7-4-2-3-5-8(7)10/h2-5,10H,6H2,1H3. The van der Waals surface area contributed by atoms with E-state index >= 15 is 0 Å². The molecule has 0 aliphatic heterocycles. The lowest BCUT2D eigenvalue weighted by Crippen LogP contribution is -2.04. The number of benzene rings is 1. The van der Waals surface area contributed by atoms with Crippen molar-refractivity contribution in [3.8, 4) is 5.75 Å². The Bertz CT molecular complexity index is 299. The Morgan fingerprint density at radius 2 is 2.23 bits per heavy atom. The molecule has 70 valence electrons. The molecule has 1 aromatic rings. The maximum absolute atomic E-state index is 11.2. The van der Waals surface area contributed by atoms with Gasteiger partial charge in [0.2, 0.25) is 0 Å². The van der Waals surface area contributed by atoms with Gasteiger partial charge in [-0.05, 0) is 18.4 Å². The Hall–Kier alpha value is -1.16. The van der Waals surface area contributed by atoms with Gasteiger partial charge in [-0.1, -0.05) is 12.1 Å². The number of rotatable bonds is 3. The van der Waals surface area contributed by atoms with Crippen LogP contribution in [0.2, 0.25) is 0 Å². The van der Waals surface area contributed by atoms with E-state index in [-0.39, 0.29) is 11.3 Å². The molecule has 1 aromatic carbocycles. The van der Waals surface area contributed by atoms with Crippen molar-refractivity contribution < 1.29 is 14.6 Å². The van der Waals surface area contributed by atoms with Gasteiger partial charge < -0.3 is 9.84 Å². The number of para-hydroxylation sites is 1. The molecule has 1 N–H and O–H groups in total. The van der Waals surface area contributed by atoms with E-state index in [1.54, 1.807) is 12.1 Å². The van der Waals surface area contributed by atoms with E-state index in [2.05, 4.69) is 0 Å². The predicted octanol–water partition coefficient (Wildman–Crippen LogP) is 1.87. The summed E-state index contributed by atoms with van der Waals surface area (Å²) in [4.78, 5) is 11.2. The van der Waals surface area contributed by atoms with Gasteiger partial charge in [-0.2, -0.15) is 0 Å². The Morgan fingerprint density at radius 3 is 2.85 bits per heavy atom. The zero-order valence-corrected chi connectivity index (χ0v) is 8.00. The highest BCUT2D eigenvalue weighted by Gasteiger charge is 2.10. The fraction of sp³-hybridized carbons (Fsp3) is 0.222. The number of hydrogen-bond donors (Lipinski definition) is 1. The fourth-order valence-electron chi connectivity index (χ4n) is 0.836. The quantitative estimate of drug-likeness (QED) is 0.595. The third-order valence-corrected chi connectivity index (χ3v) is 1.79. The molecule has 0 aliphatic rings. The molecule has 0 amide bonds. The van der Waals surface area contributed by atoms with E-state index in [9.17, 15) is 9.90 Å². The molecule has 0 spiro atoms. The van der Waals surface area contributed by atoms with E-state index in [1.807, 2.05) is 6.26 Å². The Morgan fingerprint density at radius 1 is 1.54 bits per heavy atom. The molecule has 0 saturated heterocycles. The highest BCUT2D eigenvalue weighted by molar-refractivity contribution is 7.98. The summed E-state index contributed by atoms with van der Waals surface area (Å²) in [5, 5.41) is 9.27. The van der Waals surface area contributed by atoms with Crippen LogP contribution in [-0.2, 0) is 4.74 Å². The zero-order valence-electron chi connectivity index (χ0n) is 7.19. The van der Waals surface area contributed by atoms with Crippen LogP contribution in [0.25, 0.3) is 0 Å². The Balaban J connectivity index is 2.71. The first-order valence-electron chi connectivity index (χ1n) is 3.69. The van der Waals surface area contributed by atoms with Crippen LogP contribution in [0.15, 0.2) is 24.3 Å². The number of phenolic OH excluding ortho intramolecular Hbond substituents is 1. The van der Waals surface area contributed by atoms with Gasteiger partial charge in [0, 0.05) is 0 Å². The van der Waals surface area contributed by atoms with Crippen molar-refractivity contribution in [1.29, 1.82) is 0 Å². The van der Waals surface area contributed by atoms with Crippen LogP contribution < -0.4 is 0 Å². The minimum absolute atomic E-state index is 0.0476. The van der Waals surface area contributed by atoms with Gasteiger partial charge in [0.25, 0.3) is 0 Å². The monoisotopic (exact) mass is 198 g/mol. The molecule has 0 unspecified atom stereocenters.